The van der Waals surface area contributed by atoms with Crippen LogP contribution < -0.4 is 0 Å². The number of aliphatic hydroxyl groups is 1. The third-order valence-electron chi connectivity index (χ3n) is 1.36. The average Bonchev–Trinajstić information content (AvgIpc) is 2.51. The lowest BCUT2D eigenvalue weighted by Gasteiger charge is -1.98. The molecule has 0 saturated heterocycles. The third kappa shape index (κ3) is 1.62. The van der Waals surface area contributed by atoms with Crippen LogP contribution >= 0.6 is 0 Å². The zero-order valence-corrected chi connectivity index (χ0v) is 6.70. The van der Waals surface area contributed by atoms with Crippen LogP contribution in [0.2, 0.25) is 0 Å². The average molecular weight is 170 g/mol. The van der Waals surface area contributed by atoms with Gasteiger partial charge < -0.3 is 9.84 Å². The lowest BCUT2D eigenvalue weighted by molar-refractivity contribution is 0.0516. The van der Waals surface area contributed by atoms with E-state index in [1.54, 1.807) is 6.92 Å². The Morgan fingerprint density at radius 1 is 1.83 bits per heavy atom. The molecule has 0 atom stereocenters. The molecule has 0 radical (unpaired) electrons. The fraction of sp³-hybridized carbons (Fsp3) is 0.429. The molecule has 0 amide bonds. The molecule has 5 nitrogen and oxygen atoms in total. The van der Waals surface area contributed by atoms with Crippen molar-refractivity contribution in [3.05, 3.63) is 17.5 Å². The van der Waals surface area contributed by atoms with E-state index in [-0.39, 0.29) is 12.3 Å². The molecule has 0 aliphatic rings. The fourth-order valence-electron chi connectivity index (χ4n) is 0.812. The van der Waals surface area contributed by atoms with E-state index < -0.39 is 5.97 Å². The number of carbonyl (C=O) groups excluding carboxylic acids is 1. The summed E-state index contributed by atoms with van der Waals surface area (Å²) < 4.78 is 4.70. The molecule has 0 spiro atoms. The molecule has 0 bridgehead atoms. The molecular weight excluding hydrogens is 160 g/mol. The highest BCUT2D eigenvalue weighted by atomic mass is 16.5. The van der Waals surface area contributed by atoms with E-state index in [2.05, 4.69) is 10.2 Å². The van der Waals surface area contributed by atoms with Gasteiger partial charge in [-0.15, -0.1) is 0 Å². The molecule has 0 fully saturated rings. The minimum absolute atomic E-state index is 0.152. The van der Waals surface area contributed by atoms with Gasteiger partial charge in [0.05, 0.1) is 13.2 Å². The first-order valence-corrected chi connectivity index (χ1v) is 3.60. The SMILES string of the molecule is CCOC(=O)c1n[nH]cc1CO. The Balaban J connectivity index is 2.79. The van der Waals surface area contributed by atoms with Crippen LogP contribution in [-0.4, -0.2) is 27.9 Å². The predicted molar refractivity (Wildman–Crippen MR) is 40.5 cm³/mol. The Morgan fingerprint density at radius 3 is 3.17 bits per heavy atom. The first-order valence-electron chi connectivity index (χ1n) is 3.60. The molecule has 0 aromatic carbocycles. The highest BCUT2D eigenvalue weighted by molar-refractivity contribution is 5.88. The normalized spacial score (nSPS) is 9.83. The number of aromatic amines is 1. The van der Waals surface area contributed by atoms with Crippen LogP contribution in [0.5, 0.6) is 0 Å². The standard InChI is InChI=1S/C7H10N2O3/c1-2-12-7(11)6-5(4-10)3-8-9-6/h3,10H,2,4H2,1H3,(H,8,9). The summed E-state index contributed by atoms with van der Waals surface area (Å²) in [5.41, 5.74) is 0.604. The van der Waals surface area contributed by atoms with Crippen LogP contribution in [0.1, 0.15) is 23.0 Å². The molecular formula is C7H10N2O3. The van der Waals surface area contributed by atoms with Gasteiger partial charge in [-0.1, -0.05) is 0 Å². The van der Waals surface area contributed by atoms with Gasteiger partial charge in [0.25, 0.3) is 0 Å². The Hall–Kier alpha value is -1.36. The lowest BCUT2D eigenvalue weighted by Crippen LogP contribution is -2.07. The molecule has 1 rings (SSSR count). The topological polar surface area (TPSA) is 75.2 Å². The molecule has 1 aromatic rings. The van der Waals surface area contributed by atoms with Crippen molar-refractivity contribution in [2.24, 2.45) is 0 Å². The maximum absolute atomic E-state index is 11.1. The number of hydrogen-bond donors (Lipinski definition) is 2. The number of carbonyl (C=O) groups is 1. The van der Waals surface area contributed by atoms with Gasteiger partial charge in [0, 0.05) is 11.8 Å². The fourth-order valence-corrected chi connectivity index (χ4v) is 0.812. The summed E-state index contributed by atoms with van der Waals surface area (Å²) in [6.45, 7) is 1.80. The molecule has 0 aliphatic carbocycles. The number of rotatable bonds is 3. The van der Waals surface area contributed by atoms with E-state index in [1.807, 2.05) is 0 Å². The van der Waals surface area contributed by atoms with Crippen molar-refractivity contribution in [2.75, 3.05) is 6.61 Å². The van der Waals surface area contributed by atoms with Crippen LogP contribution in [0.15, 0.2) is 6.20 Å². The molecule has 0 saturated carbocycles. The van der Waals surface area contributed by atoms with Gasteiger partial charge >= 0.3 is 5.97 Å². The molecule has 66 valence electrons. The molecule has 1 aromatic heterocycles. The number of aromatic nitrogens is 2. The van der Waals surface area contributed by atoms with Gasteiger partial charge in [-0.25, -0.2) is 4.79 Å². The monoisotopic (exact) mass is 170 g/mol. The second-order valence-electron chi connectivity index (χ2n) is 2.14. The summed E-state index contributed by atoms with van der Waals surface area (Å²) >= 11 is 0. The van der Waals surface area contributed by atoms with Crippen LogP contribution in [0.4, 0.5) is 0 Å². The summed E-state index contributed by atoms with van der Waals surface area (Å²) in [6.07, 6.45) is 1.46. The van der Waals surface area contributed by atoms with Gasteiger partial charge in [0.15, 0.2) is 5.69 Å². The summed E-state index contributed by atoms with van der Waals surface area (Å²) in [7, 11) is 0. The summed E-state index contributed by atoms with van der Waals surface area (Å²) in [6, 6.07) is 0. The minimum Gasteiger partial charge on any atom is -0.461 e. The third-order valence-corrected chi connectivity index (χ3v) is 1.36. The Labute approximate surface area is 69.4 Å². The second kappa shape index (κ2) is 3.87. The van der Waals surface area contributed by atoms with E-state index in [0.29, 0.717) is 12.2 Å². The van der Waals surface area contributed by atoms with E-state index in [1.165, 1.54) is 6.20 Å². The number of esters is 1. The smallest absolute Gasteiger partial charge is 0.359 e. The number of ether oxygens (including phenoxy) is 1. The molecule has 2 N–H and O–H groups in total. The molecule has 5 heteroatoms. The largest absolute Gasteiger partial charge is 0.461 e. The Bertz CT molecular complexity index is 269. The van der Waals surface area contributed by atoms with Gasteiger partial charge in [-0.2, -0.15) is 5.10 Å². The molecule has 0 unspecified atom stereocenters. The summed E-state index contributed by atoms with van der Waals surface area (Å²) in [5, 5.41) is 14.9. The van der Waals surface area contributed by atoms with Gasteiger partial charge in [0.1, 0.15) is 0 Å². The Morgan fingerprint density at radius 2 is 2.58 bits per heavy atom. The summed E-state index contributed by atoms with van der Waals surface area (Å²) in [4.78, 5) is 11.1. The van der Waals surface area contributed by atoms with Crippen molar-refractivity contribution >= 4 is 5.97 Å². The van der Waals surface area contributed by atoms with Crippen LogP contribution in [0.3, 0.4) is 0 Å². The predicted octanol–water partition coefficient (Wildman–Crippen LogP) is 0.0787. The first kappa shape index (κ1) is 8.73. The summed E-state index contributed by atoms with van der Waals surface area (Å²) in [5.74, 6) is -0.511. The van der Waals surface area contributed by atoms with Crippen molar-refractivity contribution in [2.45, 2.75) is 13.5 Å². The first-order chi connectivity index (χ1) is 5.79. The van der Waals surface area contributed by atoms with Crippen molar-refractivity contribution in [3.63, 3.8) is 0 Å². The van der Waals surface area contributed by atoms with Crippen LogP contribution in [0.25, 0.3) is 0 Å². The second-order valence-corrected chi connectivity index (χ2v) is 2.14. The zero-order chi connectivity index (χ0) is 8.97. The quantitative estimate of drug-likeness (QED) is 0.630. The van der Waals surface area contributed by atoms with Crippen LogP contribution in [0, 0.1) is 0 Å². The minimum atomic E-state index is -0.511. The molecule has 0 aliphatic heterocycles. The number of nitrogens with one attached hydrogen (secondary N) is 1. The van der Waals surface area contributed by atoms with Crippen molar-refractivity contribution in [1.82, 2.24) is 10.2 Å². The highest BCUT2D eigenvalue weighted by Crippen LogP contribution is 2.05. The maximum atomic E-state index is 11.1. The molecule has 12 heavy (non-hydrogen) atoms. The number of H-pyrrole nitrogens is 1. The Kier molecular flexibility index (Phi) is 2.82. The maximum Gasteiger partial charge on any atom is 0.359 e. The van der Waals surface area contributed by atoms with E-state index >= 15 is 0 Å². The van der Waals surface area contributed by atoms with Crippen molar-refractivity contribution in [3.8, 4) is 0 Å². The highest BCUT2D eigenvalue weighted by Gasteiger charge is 2.14. The van der Waals surface area contributed by atoms with Gasteiger partial charge in [-0.05, 0) is 6.92 Å². The van der Waals surface area contributed by atoms with Crippen molar-refractivity contribution < 1.29 is 14.6 Å². The number of aliphatic hydroxyl groups excluding tert-OH is 1. The lowest BCUT2D eigenvalue weighted by atomic mass is 10.3. The van der Waals surface area contributed by atoms with Gasteiger partial charge in [0.2, 0.25) is 0 Å². The van der Waals surface area contributed by atoms with Gasteiger partial charge in [-0.3, -0.25) is 5.10 Å². The van der Waals surface area contributed by atoms with E-state index in [4.69, 9.17) is 9.84 Å². The van der Waals surface area contributed by atoms with Crippen molar-refractivity contribution in [1.29, 1.82) is 0 Å². The van der Waals surface area contributed by atoms with Crippen LogP contribution in [-0.2, 0) is 11.3 Å². The molecule has 1 heterocycles. The number of hydrogen-bond acceptors (Lipinski definition) is 4. The van der Waals surface area contributed by atoms with E-state index in [0.717, 1.165) is 0 Å². The van der Waals surface area contributed by atoms with E-state index in [9.17, 15) is 4.79 Å². The zero-order valence-electron chi connectivity index (χ0n) is 6.70. The number of nitrogens with zero attached hydrogens (tertiary/aromatic N) is 1.